The SMILES string of the molecule is CB(C(C)C)n1ccn(C(C)C)c1=O. The van der Waals surface area contributed by atoms with Crippen molar-refractivity contribution in [1.82, 2.24) is 9.05 Å². The Balaban J connectivity index is 3.07. The van der Waals surface area contributed by atoms with E-state index < -0.39 is 0 Å². The average Bonchev–Trinajstić information content (AvgIpc) is 2.45. The first kappa shape index (κ1) is 11.2. The Morgan fingerprint density at radius 1 is 1.21 bits per heavy atom. The van der Waals surface area contributed by atoms with Crippen LogP contribution < -0.4 is 5.69 Å². The summed E-state index contributed by atoms with van der Waals surface area (Å²) in [5, 5.41) is 0. The Kier molecular flexibility index (Phi) is 3.24. The van der Waals surface area contributed by atoms with E-state index in [4.69, 9.17) is 0 Å². The lowest BCUT2D eigenvalue weighted by atomic mass is 9.55. The molecule has 0 saturated carbocycles. The molecule has 0 spiro atoms. The molecule has 78 valence electrons. The van der Waals surface area contributed by atoms with Crippen LogP contribution >= 0.6 is 0 Å². The molecule has 0 aliphatic carbocycles. The third-order valence-corrected chi connectivity index (χ3v) is 2.79. The van der Waals surface area contributed by atoms with Gasteiger partial charge in [0.1, 0.15) is 0 Å². The summed E-state index contributed by atoms with van der Waals surface area (Å²) in [5.74, 6) is 0.482. The molecule has 0 atom stereocenters. The van der Waals surface area contributed by atoms with Crippen molar-refractivity contribution in [2.75, 3.05) is 0 Å². The minimum Gasteiger partial charge on any atom is -0.344 e. The third kappa shape index (κ3) is 1.94. The van der Waals surface area contributed by atoms with Crippen LogP contribution in [-0.4, -0.2) is 15.9 Å². The molecule has 0 saturated heterocycles. The van der Waals surface area contributed by atoms with Gasteiger partial charge < -0.3 is 4.48 Å². The van der Waals surface area contributed by atoms with Crippen LogP contribution in [-0.2, 0) is 0 Å². The molecule has 0 amide bonds. The first-order valence-electron chi connectivity index (χ1n) is 5.24. The summed E-state index contributed by atoms with van der Waals surface area (Å²) in [6.45, 7) is 10.6. The number of aromatic nitrogens is 2. The van der Waals surface area contributed by atoms with Gasteiger partial charge in [0.25, 0.3) is 6.85 Å². The second-order valence-electron chi connectivity index (χ2n) is 4.47. The summed E-state index contributed by atoms with van der Waals surface area (Å²) in [6.07, 6.45) is 3.75. The summed E-state index contributed by atoms with van der Waals surface area (Å²) in [5.41, 5.74) is 0.0983. The van der Waals surface area contributed by atoms with Gasteiger partial charge >= 0.3 is 5.69 Å². The lowest BCUT2D eigenvalue weighted by Gasteiger charge is -2.12. The molecular formula is C10H19BN2O. The second kappa shape index (κ2) is 4.07. The van der Waals surface area contributed by atoms with Gasteiger partial charge in [-0.25, -0.2) is 4.79 Å². The van der Waals surface area contributed by atoms with E-state index in [0.29, 0.717) is 5.82 Å². The molecular weight excluding hydrogens is 175 g/mol. The normalized spacial score (nSPS) is 11.4. The zero-order valence-corrected chi connectivity index (χ0v) is 9.69. The molecule has 1 aromatic heterocycles. The van der Waals surface area contributed by atoms with Gasteiger partial charge in [-0.05, 0) is 19.7 Å². The summed E-state index contributed by atoms with van der Waals surface area (Å²) in [7, 11) is 0. The zero-order chi connectivity index (χ0) is 10.9. The Bertz CT molecular complexity index is 351. The lowest BCUT2D eigenvalue weighted by Crippen LogP contribution is -2.35. The predicted octanol–water partition coefficient (Wildman–Crippen LogP) is 2.11. The fourth-order valence-corrected chi connectivity index (χ4v) is 1.43. The minimum atomic E-state index is 0.0983. The van der Waals surface area contributed by atoms with Crippen LogP contribution in [0.4, 0.5) is 0 Å². The van der Waals surface area contributed by atoms with Gasteiger partial charge in [-0.2, -0.15) is 0 Å². The highest BCUT2D eigenvalue weighted by Crippen LogP contribution is 2.08. The maximum absolute atomic E-state index is 11.9. The number of rotatable bonds is 3. The molecule has 1 rings (SSSR count). The highest BCUT2D eigenvalue weighted by molar-refractivity contribution is 6.56. The largest absolute Gasteiger partial charge is 0.344 e. The minimum absolute atomic E-state index is 0.0983. The van der Waals surface area contributed by atoms with Crippen molar-refractivity contribution in [3.8, 4) is 0 Å². The standard InChI is InChI=1S/C10H19BN2O/c1-8(2)11(5)13-7-6-12(9(3)4)10(13)14/h6-9H,1-5H3. The number of imidazole rings is 1. The molecule has 14 heavy (non-hydrogen) atoms. The molecule has 4 heteroatoms. The molecule has 0 aliphatic rings. The molecule has 0 fully saturated rings. The van der Waals surface area contributed by atoms with Gasteiger partial charge in [-0.1, -0.05) is 20.7 Å². The van der Waals surface area contributed by atoms with E-state index in [2.05, 4.69) is 20.7 Å². The molecule has 0 aliphatic heterocycles. The summed E-state index contributed by atoms with van der Waals surface area (Å²) >= 11 is 0. The van der Waals surface area contributed by atoms with Crippen molar-refractivity contribution in [3.63, 3.8) is 0 Å². The van der Waals surface area contributed by atoms with E-state index in [-0.39, 0.29) is 18.6 Å². The van der Waals surface area contributed by atoms with Crippen LogP contribution in [0.15, 0.2) is 17.2 Å². The van der Waals surface area contributed by atoms with Crippen molar-refractivity contribution in [2.24, 2.45) is 0 Å². The van der Waals surface area contributed by atoms with Crippen LogP contribution in [0, 0.1) is 0 Å². The topological polar surface area (TPSA) is 26.9 Å². The fraction of sp³-hybridized carbons (Fsp3) is 0.700. The van der Waals surface area contributed by atoms with Crippen LogP contribution in [0.2, 0.25) is 12.6 Å². The van der Waals surface area contributed by atoms with Crippen LogP contribution in [0.5, 0.6) is 0 Å². The quantitative estimate of drug-likeness (QED) is 0.677. The van der Waals surface area contributed by atoms with E-state index in [1.54, 1.807) is 4.57 Å². The monoisotopic (exact) mass is 194 g/mol. The summed E-state index contributed by atoms with van der Waals surface area (Å²) in [4.78, 5) is 11.9. The van der Waals surface area contributed by atoms with E-state index in [1.165, 1.54) is 0 Å². The van der Waals surface area contributed by atoms with Gasteiger partial charge in [0.15, 0.2) is 0 Å². The van der Waals surface area contributed by atoms with E-state index in [0.717, 1.165) is 0 Å². The number of hydrogen-bond donors (Lipinski definition) is 0. The van der Waals surface area contributed by atoms with Crippen molar-refractivity contribution in [3.05, 3.63) is 22.9 Å². The van der Waals surface area contributed by atoms with E-state index >= 15 is 0 Å². The van der Waals surface area contributed by atoms with Gasteiger partial charge in [-0.3, -0.25) is 4.57 Å². The molecule has 1 aromatic rings. The smallest absolute Gasteiger partial charge is 0.316 e. The van der Waals surface area contributed by atoms with Gasteiger partial charge in [-0.15, -0.1) is 0 Å². The van der Waals surface area contributed by atoms with Gasteiger partial charge in [0, 0.05) is 18.4 Å². The van der Waals surface area contributed by atoms with Gasteiger partial charge in [0.05, 0.1) is 0 Å². The highest BCUT2D eigenvalue weighted by Gasteiger charge is 2.18. The predicted molar refractivity (Wildman–Crippen MR) is 61.2 cm³/mol. The van der Waals surface area contributed by atoms with E-state index in [1.807, 2.05) is 30.7 Å². The number of hydrogen-bond acceptors (Lipinski definition) is 1. The molecule has 0 unspecified atom stereocenters. The Labute approximate surface area is 85.8 Å². The Morgan fingerprint density at radius 3 is 2.14 bits per heavy atom. The maximum Gasteiger partial charge on any atom is 0.316 e. The average molecular weight is 194 g/mol. The Morgan fingerprint density at radius 2 is 1.79 bits per heavy atom. The lowest BCUT2D eigenvalue weighted by molar-refractivity contribution is 0.576. The molecule has 1 heterocycles. The van der Waals surface area contributed by atoms with E-state index in [9.17, 15) is 4.79 Å². The molecule has 3 nitrogen and oxygen atoms in total. The molecule has 0 bridgehead atoms. The number of nitrogens with zero attached hydrogens (tertiary/aromatic N) is 2. The fourth-order valence-electron chi connectivity index (χ4n) is 1.43. The van der Waals surface area contributed by atoms with Crippen LogP contribution in [0.25, 0.3) is 0 Å². The van der Waals surface area contributed by atoms with Crippen molar-refractivity contribution in [2.45, 2.75) is 46.4 Å². The maximum atomic E-state index is 11.9. The first-order chi connectivity index (χ1) is 6.45. The van der Waals surface area contributed by atoms with Crippen molar-refractivity contribution >= 4 is 6.85 Å². The second-order valence-corrected chi connectivity index (χ2v) is 4.47. The first-order valence-corrected chi connectivity index (χ1v) is 5.24. The molecule has 0 radical (unpaired) electrons. The summed E-state index contributed by atoms with van der Waals surface area (Å²) < 4.78 is 3.57. The van der Waals surface area contributed by atoms with Crippen molar-refractivity contribution in [1.29, 1.82) is 0 Å². The molecule has 0 N–H and O–H groups in total. The zero-order valence-electron chi connectivity index (χ0n) is 9.69. The van der Waals surface area contributed by atoms with Crippen molar-refractivity contribution < 1.29 is 0 Å². The van der Waals surface area contributed by atoms with Crippen LogP contribution in [0.3, 0.4) is 0 Å². The third-order valence-electron chi connectivity index (χ3n) is 2.79. The highest BCUT2D eigenvalue weighted by atomic mass is 16.1. The van der Waals surface area contributed by atoms with Crippen LogP contribution in [0.1, 0.15) is 33.7 Å². The Hall–Kier alpha value is -0.925. The summed E-state index contributed by atoms with van der Waals surface area (Å²) in [6, 6.07) is 0.239. The van der Waals surface area contributed by atoms with Gasteiger partial charge in [0.2, 0.25) is 0 Å². The molecule has 0 aromatic carbocycles.